The van der Waals surface area contributed by atoms with Gasteiger partial charge in [-0.15, -0.1) is 11.3 Å². The first kappa shape index (κ1) is 30.0. The number of alkyl halides is 7. The molecule has 2 N–H and O–H groups in total. The first-order valence-corrected chi connectivity index (χ1v) is 12.3. The number of anilines is 1. The van der Waals surface area contributed by atoms with Gasteiger partial charge in [0.1, 0.15) is 10.6 Å². The van der Waals surface area contributed by atoms with Crippen molar-refractivity contribution in [2.75, 3.05) is 4.90 Å². The zero-order chi connectivity index (χ0) is 29.3. The van der Waals surface area contributed by atoms with Crippen LogP contribution in [0.3, 0.4) is 0 Å². The van der Waals surface area contributed by atoms with Crippen LogP contribution >= 0.6 is 27.3 Å². The molecule has 0 fully saturated rings. The third-order valence-corrected chi connectivity index (χ3v) is 6.86. The summed E-state index contributed by atoms with van der Waals surface area (Å²) in [5, 5.41) is 16.9. The highest BCUT2D eigenvalue weighted by Crippen LogP contribution is 2.41. The molecular formula is C24H16BrF6NO6S. The van der Waals surface area contributed by atoms with E-state index in [1.54, 1.807) is 0 Å². The molecule has 1 atom stereocenters. The molecule has 0 aliphatic heterocycles. The zero-order valence-electron chi connectivity index (χ0n) is 19.4. The highest BCUT2D eigenvalue weighted by atomic mass is 79.9. The molecule has 1 aromatic heterocycles. The van der Waals surface area contributed by atoms with E-state index >= 15 is 0 Å². The Balaban J connectivity index is 2.06. The minimum atomic E-state index is -5.11. The lowest BCUT2D eigenvalue weighted by molar-refractivity contribution is -0.143. The minimum Gasteiger partial charge on any atom is -0.478 e. The van der Waals surface area contributed by atoms with Crippen LogP contribution in [0.15, 0.2) is 48.5 Å². The normalized spacial score (nSPS) is 12.6. The van der Waals surface area contributed by atoms with Crippen molar-refractivity contribution >= 4 is 50.8 Å². The third kappa shape index (κ3) is 7.29. The summed E-state index contributed by atoms with van der Waals surface area (Å²) >= 11 is 3.54. The van der Waals surface area contributed by atoms with Crippen LogP contribution in [0.1, 0.15) is 33.3 Å². The molecule has 0 saturated carbocycles. The van der Waals surface area contributed by atoms with Gasteiger partial charge < -0.3 is 19.8 Å². The second kappa shape index (κ2) is 11.3. The van der Waals surface area contributed by atoms with Gasteiger partial charge in [-0.25, -0.2) is 9.59 Å². The number of aromatic carboxylic acids is 1. The molecule has 0 bridgehead atoms. The first-order valence-electron chi connectivity index (χ1n) is 10.5. The molecule has 1 unspecified atom stereocenters. The number of carboxylic acid groups (broad SMARTS) is 2. The van der Waals surface area contributed by atoms with Gasteiger partial charge in [-0.05, 0) is 51.3 Å². The predicted octanol–water partition coefficient (Wildman–Crippen LogP) is 6.89. The fraction of sp³-hybridized carbons (Fsp3) is 0.208. The van der Waals surface area contributed by atoms with Gasteiger partial charge in [0.2, 0.25) is 10.9 Å². The van der Waals surface area contributed by atoms with E-state index in [0.717, 1.165) is 29.2 Å². The maximum atomic E-state index is 13.3. The molecule has 0 aliphatic rings. The van der Waals surface area contributed by atoms with Gasteiger partial charge in [-0.1, -0.05) is 18.2 Å². The Hall–Kier alpha value is -3.59. The number of hydrogen-bond acceptors (Lipinski definition) is 5. The number of carbonyl (C=O) groups is 3. The average Bonchev–Trinajstić information content (AvgIpc) is 3.25. The highest BCUT2D eigenvalue weighted by Gasteiger charge is 2.37. The fourth-order valence-electron chi connectivity index (χ4n) is 3.40. The summed E-state index contributed by atoms with van der Waals surface area (Å²) in [4.78, 5) is 35.7. The molecule has 0 saturated heterocycles. The summed E-state index contributed by atoms with van der Waals surface area (Å²) in [6, 6.07) is 7.77. The maximum absolute atomic E-state index is 13.3. The monoisotopic (exact) mass is 639 g/mol. The molecule has 0 spiro atoms. The van der Waals surface area contributed by atoms with Crippen LogP contribution in [0, 0.1) is 0 Å². The van der Waals surface area contributed by atoms with Gasteiger partial charge >= 0.3 is 24.3 Å². The van der Waals surface area contributed by atoms with Crippen molar-refractivity contribution in [3.63, 3.8) is 0 Å². The fourth-order valence-corrected chi connectivity index (χ4v) is 4.53. The van der Waals surface area contributed by atoms with Gasteiger partial charge in [0.15, 0.2) is 0 Å². The van der Waals surface area contributed by atoms with Crippen LogP contribution < -0.4 is 9.64 Å². The van der Waals surface area contributed by atoms with Crippen molar-refractivity contribution in [3.05, 3.63) is 70.1 Å². The predicted molar refractivity (Wildman–Crippen MR) is 131 cm³/mol. The molecule has 0 aliphatic carbocycles. The van der Waals surface area contributed by atoms with Crippen molar-refractivity contribution in [2.45, 2.75) is 30.8 Å². The van der Waals surface area contributed by atoms with Crippen LogP contribution in [0.5, 0.6) is 5.75 Å². The van der Waals surface area contributed by atoms with Gasteiger partial charge in [0.25, 0.3) is 0 Å². The number of carbonyl (C=O) groups excluding carboxylic acids is 1. The van der Waals surface area contributed by atoms with Gasteiger partial charge in [-0.3, -0.25) is 4.79 Å². The van der Waals surface area contributed by atoms with Crippen molar-refractivity contribution < 1.29 is 55.7 Å². The summed E-state index contributed by atoms with van der Waals surface area (Å²) in [6.07, 6.45) is -10.2. The van der Waals surface area contributed by atoms with Gasteiger partial charge in [-0.2, -0.15) is 26.3 Å². The number of hydrogen-bond donors (Lipinski definition) is 2. The van der Waals surface area contributed by atoms with E-state index in [-0.39, 0.29) is 27.1 Å². The summed E-state index contributed by atoms with van der Waals surface area (Å²) in [6.45, 7) is 0.537. The Morgan fingerprint density at radius 2 is 1.56 bits per heavy atom. The van der Waals surface area contributed by atoms with E-state index in [1.165, 1.54) is 24.3 Å². The molecule has 1 heterocycles. The second-order valence-corrected chi connectivity index (χ2v) is 9.83. The maximum Gasteiger partial charge on any atom is 0.416 e. The van der Waals surface area contributed by atoms with E-state index in [2.05, 4.69) is 15.9 Å². The Kier molecular flexibility index (Phi) is 8.65. The van der Waals surface area contributed by atoms with Gasteiger partial charge in [0, 0.05) is 18.7 Å². The molecule has 15 heteroatoms. The number of ether oxygens (including phenoxy) is 1. The molecule has 3 aromatic rings. The van der Waals surface area contributed by atoms with Gasteiger partial charge in [0.05, 0.1) is 22.5 Å². The van der Waals surface area contributed by atoms with Crippen molar-refractivity contribution in [3.8, 4) is 16.2 Å². The second-order valence-electron chi connectivity index (χ2n) is 7.95. The van der Waals surface area contributed by atoms with Crippen molar-refractivity contribution in [1.82, 2.24) is 0 Å². The van der Waals surface area contributed by atoms with Crippen LogP contribution in [-0.4, -0.2) is 33.1 Å². The largest absolute Gasteiger partial charge is 0.478 e. The molecule has 2 aromatic carbocycles. The number of amides is 1. The molecule has 1 amide bonds. The van der Waals surface area contributed by atoms with Crippen molar-refractivity contribution in [1.29, 1.82) is 0 Å². The van der Waals surface area contributed by atoms with E-state index in [1.807, 2.05) is 0 Å². The summed E-state index contributed by atoms with van der Waals surface area (Å²) in [5.74, 6) is -3.66. The number of thiophene rings is 1. The van der Waals surface area contributed by atoms with E-state index in [0.29, 0.717) is 17.7 Å². The number of rotatable bonds is 8. The summed E-state index contributed by atoms with van der Waals surface area (Å²) in [7, 11) is 0. The first-order chi connectivity index (χ1) is 18.0. The Morgan fingerprint density at radius 1 is 0.974 bits per heavy atom. The van der Waals surface area contributed by atoms with E-state index in [9.17, 15) is 45.8 Å². The quantitative estimate of drug-likeness (QED) is 0.205. The summed E-state index contributed by atoms with van der Waals surface area (Å²) in [5.41, 5.74) is -3.24. The lowest BCUT2D eigenvalue weighted by atomic mass is 10.1. The topological polar surface area (TPSA) is 104 Å². The van der Waals surface area contributed by atoms with Crippen LogP contribution in [0.25, 0.3) is 10.4 Å². The Morgan fingerprint density at radius 3 is 2.05 bits per heavy atom. The number of carboxylic acids is 2. The highest BCUT2D eigenvalue weighted by molar-refractivity contribution is 9.09. The molecule has 208 valence electrons. The average molecular weight is 640 g/mol. The third-order valence-electron chi connectivity index (χ3n) is 5.13. The Labute approximate surface area is 228 Å². The Bertz CT molecular complexity index is 1390. The molecular weight excluding hydrogens is 624 g/mol. The van der Waals surface area contributed by atoms with Crippen LogP contribution in [-0.2, 0) is 28.5 Å². The summed E-state index contributed by atoms with van der Waals surface area (Å²) < 4.78 is 85.3. The molecule has 3 rings (SSSR count). The van der Waals surface area contributed by atoms with Crippen LogP contribution in [0.4, 0.5) is 32.0 Å². The number of aliphatic carboxylic acids is 1. The molecule has 0 radical (unpaired) electrons. The SMILES string of the molecule is CC(=O)N(Cc1cccc(-c2sc(C(=O)O)cc2OC(Br)C(=O)O)c1)c1cc(C(F)(F)F)cc(C(F)(F)F)c1. The van der Waals surface area contributed by atoms with E-state index < -0.39 is 58.6 Å². The number of benzene rings is 2. The smallest absolute Gasteiger partial charge is 0.416 e. The molecule has 7 nitrogen and oxygen atoms in total. The minimum absolute atomic E-state index is 0.0466. The lowest BCUT2D eigenvalue weighted by Gasteiger charge is -2.24. The lowest BCUT2D eigenvalue weighted by Crippen LogP contribution is -2.28. The molecule has 39 heavy (non-hydrogen) atoms. The van der Waals surface area contributed by atoms with Crippen molar-refractivity contribution in [2.24, 2.45) is 0 Å². The van der Waals surface area contributed by atoms with E-state index in [4.69, 9.17) is 9.84 Å². The number of nitrogens with zero attached hydrogens (tertiary/aromatic N) is 1. The zero-order valence-corrected chi connectivity index (χ0v) is 21.8. The standard InChI is InChI=1S/C24H16BrF6NO6S/c1-11(33)32(16-7-14(23(26,27)28)6-15(8-16)24(29,30)31)10-12-3-2-4-13(5-12)19-17(38-20(25)22(36)37)9-18(39-19)21(34)35/h2-9,20H,10H2,1H3,(H,34,35)(H,36,37). The number of halogens is 7. The van der Waals surface area contributed by atoms with Crippen LogP contribution in [0.2, 0.25) is 0 Å².